The standard InChI is InChI=1S/C16H25N3O/c1-13(2)7-8-16(3,20)12-17-10-14-11-19-9-5-4-6-15(19)18-14/h4-6,9,11,13,17,20H,7-8,10,12H2,1-3H3. The van der Waals surface area contributed by atoms with Gasteiger partial charge < -0.3 is 14.8 Å². The molecule has 110 valence electrons. The molecule has 2 N–H and O–H groups in total. The Balaban J connectivity index is 1.83. The number of hydrogen-bond acceptors (Lipinski definition) is 3. The summed E-state index contributed by atoms with van der Waals surface area (Å²) in [5, 5.41) is 13.6. The molecule has 4 heteroatoms. The zero-order chi connectivity index (χ0) is 14.6. The van der Waals surface area contributed by atoms with Crippen LogP contribution in [0.15, 0.2) is 30.6 Å². The van der Waals surface area contributed by atoms with Gasteiger partial charge >= 0.3 is 0 Å². The third kappa shape index (κ3) is 4.32. The number of nitrogens with zero attached hydrogens (tertiary/aromatic N) is 2. The molecule has 2 aromatic rings. The first-order valence-electron chi connectivity index (χ1n) is 7.32. The second kappa shape index (κ2) is 6.37. The van der Waals surface area contributed by atoms with Crippen molar-refractivity contribution in [2.45, 2.75) is 45.8 Å². The van der Waals surface area contributed by atoms with E-state index >= 15 is 0 Å². The summed E-state index contributed by atoms with van der Waals surface area (Å²) in [4.78, 5) is 4.53. The Bertz CT molecular complexity index is 512. The molecule has 0 saturated heterocycles. The molecule has 1 atom stereocenters. The average molecular weight is 275 g/mol. The highest BCUT2D eigenvalue weighted by molar-refractivity contribution is 5.39. The lowest BCUT2D eigenvalue weighted by atomic mass is 9.95. The van der Waals surface area contributed by atoms with E-state index in [2.05, 4.69) is 24.1 Å². The monoisotopic (exact) mass is 275 g/mol. The van der Waals surface area contributed by atoms with Gasteiger partial charge in [0.1, 0.15) is 5.65 Å². The van der Waals surface area contributed by atoms with Gasteiger partial charge in [0.2, 0.25) is 0 Å². The first-order chi connectivity index (χ1) is 9.46. The summed E-state index contributed by atoms with van der Waals surface area (Å²) in [5.41, 5.74) is 1.30. The van der Waals surface area contributed by atoms with E-state index in [0.29, 0.717) is 19.0 Å². The maximum atomic E-state index is 10.3. The molecule has 0 spiro atoms. The van der Waals surface area contributed by atoms with Crippen molar-refractivity contribution in [3.63, 3.8) is 0 Å². The SMILES string of the molecule is CC(C)CCC(C)(O)CNCc1cn2ccccc2n1. The van der Waals surface area contributed by atoms with Gasteiger partial charge in [-0.25, -0.2) is 4.98 Å². The third-order valence-electron chi connectivity index (χ3n) is 3.49. The lowest BCUT2D eigenvalue weighted by molar-refractivity contribution is 0.0450. The second-order valence-corrected chi connectivity index (χ2v) is 6.23. The lowest BCUT2D eigenvalue weighted by Crippen LogP contribution is -2.37. The molecule has 0 amide bonds. The van der Waals surface area contributed by atoms with Crippen LogP contribution in [-0.2, 0) is 6.54 Å². The predicted molar refractivity (Wildman–Crippen MR) is 81.6 cm³/mol. The second-order valence-electron chi connectivity index (χ2n) is 6.23. The van der Waals surface area contributed by atoms with Crippen molar-refractivity contribution in [3.8, 4) is 0 Å². The van der Waals surface area contributed by atoms with E-state index in [1.165, 1.54) is 0 Å². The van der Waals surface area contributed by atoms with Gasteiger partial charge in [-0.15, -0.1) is 0 Å². The van der Waals surface area contributed by atoms with Crippen LogP contribution in [-0.4, -0.2) is 26.6 Å². The molecule has 0 bridgehead atoms. The van der Waals surface area contributed by atoms with Crippen molar-refractivity contribution < 1.29 is 5.11 Å². The Morgan fingerprint density at radius 3 is 2.90 bits per heavy atom. The largest absolute Gasteiger partial charge is 0.389 e. The van der Waals surface area contributed by atoms with E-state index in [1.54, 1.807) is 0 Å². The highest BCUT2D eigenvalue weighted by Gasteiger charge is 2.20. The van der Waals surface area contributed by atoms with Crippen LogP contribution in [0.2, 0.25) is 0 Å². The van der Waals surface area contributed by atoms with Crippen LogP contribution in [0.3, 0.4) is 0 Å². The minimum atomic E-state index is -0.649. The van der Waals surface area contributed by atoms with Crippen molar-refractivity contribution >= 4 is 5.65 Å². The number of pyridine rings is 1. The topological polar surface area (TPSA) is 49.6 Å². The number of hydrogen-bond donors (Lipinski definition) is 2. The van der Waals surface area contributed by atoms with E-state index in [9.17, 15) is 5.11 Å². The number of imidazole rings is 1. The minimum Gasteiger partial charge on any atom is -0.389 e. The summed E-state index contributed by atoms with van der Waals surface area (Å²) in [6, 6.07) is 5.96. The average Bonchev–Trinajstić information content (AvgIpc) is 2.79. The number of nitrogens with one attached hydrogen (secondary N) is 1. The van der Waals surface area contributed by atoms with Crippen LogP contribution in [0.4, 0.5) is 0 Å². The van der Waals surface area contributed by atoms with Gasteiger partial charge in [0.05, 0.1) is 11.3 Å². The molecule has 0 fully saturated rings. The number of rotatable bonds is 7. The Morgan fingerprint density at radius 1 is 1.40 bits per heavy atom. The van der Waals surface area contributed by atoms with Crippen molar-refractivity contribution in [2.24, 2.45) is 5.92 Å². The normalized spacial score (nSPS) is 14.8. The Kier molecular flexibility index (Phi) is 4.78. The Labute approximate surface area is 120 Å². The molecule has 4 nitrogen and oxygen atoms in total. The van der Waals surface area contributed by atoms with Crippen molar-refractivity contribution in [3.05, 3.63) is 36.3 Å². The van der Waals surface area contributed by atoms with Crippen LogP contribution in [0, 0.1) is 5.92 Å². The van der Waals surface area contributed by atoms with Gasteiger partial charge in [0, 0.05) is 25.5 Å². The fraction of sp³-hybridized carbons (Fsp3) is 0.562. The quantitative estimate of drug-likeness (QED) is 0.816. The van der Waals surface area contributed by atoms with Gasteiger partial charge in [-0.3, -0.25) is 0 Å². The van der Waals surface area contributed by atoms with Gasteiger partial charge in [0.15, 0.2) is 0 Å². The summed E-state index contributed by atoms with van der Waals surface area (Å²) < 4.78 is 2.01. The van der Waals surface area contributed by atoms with Crippen LogP contribution in [0.25, 0.3) is 5.65 Å². The van der Waals surface area contributed by atoms with Crippen molar-refractivity contribution in [1.29, 1.82) is 0 Å². The molecular formula is C16H25N3O. The summed E-state index contributed by atoms with van der Waals surface area (Å²) >= 11 is 0. The molecule has 0 aliphatic carbocycles. The van der Waals surface area contributed by atoms with Crippen molar-refractivity contribution in [1.82, 2.24) is 14.7 Å². The fourth-order valence-corrected chi connectivity index (χ4v) is 2.22. The summed E-state index contributed by atoms with van der Waals surface area (Å²) in [6.07, 6.45) is 5.88. The van der Waals surface area contributed by atoms with Crippen LogP contribution in [0.1, 0.15) is 39.3 Å². The van der Waals surface area contributed by atoms with Crippen LogP contribution in [0.5, 0.6) is 0 Å². The molecule has 0 aromatic carbocycles. The van der Waals surface area contributed by atoms with Crippen molar-refractivity contribution in [2.75, 3.05) is 6.54 Å². The summed E-state index contributed by atoms with van der Waals surface area (Å²) in [6.45, 7) is 7.53. The van der Waals surface area contributed by atoms with E-state index in [4.69, 9.17) is 0 Å². The number of fused-ring (bicyclic) bond motifs is 1. The smallest absolute Gasteiger partial charge is 0.137 e. The summed E-state index contributed by atoms with van der Waals surface area (Å²) in [7, 11) is 0. The van der Waals surface area contributed by atoms with Gasteiger partial charge in [0.25, 0.3) is 0 Å². The lowest BCUT2D eigenvalue weighted by Gasteiger charge is -2.24. The zero-order valence-corrected chi connectivity index (χ0v) is 12.6. The molecule has 0 aliphatic heterocycles. The minimum absolute atomic E-state index is 0.591. The Morgan fingerprint density at radius 2 is 2.20 bits per heavy atom. The number of aromatic nitrogens is 2. The maximum absolute atomic E-state index is 10.3. The molecule has 2 rings (SSSR count). The number of aliphatic hydroxyl groups is 1. The molecule has 1 unspecified atom stereocenters. The highest BCUT2D eigenvalue weighted by Crippen LogP contribution is 2.15. The molecule has 0 radical (unpaired) electrons. The molecule has 2 aromatic heterocycles. The Hall–Kier alpha value is -1.39. The predicted octanol–water partition coefficient (Wildman–Crippen LogP) is 2.61. The first-order valence-corrected chi connectivity index (χ1v) is 7.32. The van der Waals surface area contributed by atoms with Gasteiger partial charge in [-0.05, 0) is 37.8 Å². The fourth-order valence-electron chi connectivity index (χ4n) is 2.22. The van der Waals surface area contributed by atoms with Crippen LogP contribution < -0.4 is 5.32 Å². The molecule has 0 aliphatic rings. The van der Waals surface area contributed by atoms with E-state index < -0.39 is 5.60 Å². The molecule has 2 heterocycles. The highest BCUT2D eigenvalue weighted by atomic mass is 16.3. The maximum Gasteiger partial charge on any atom is 0.137 e. The van der Waals surface area contributed by atoms with E-state index in [1.807, 2.05) is 41.9 Å². The van der Waals surface area contributed by atoms with E-state index in [0.717, 1.165) is 24.2 Å². The molecule has 20 heavy (non-hydrogen) atoms. The summed E-state index contributed by atoms with van der Waals surface area (Å²) in [5.74, 6) is 0.625. The molecule has 0 saturated carbocycles. The van der Waals surface area contributed by atoms with Crippen LogP contribution >= 0.6 is 0 Å². The third-order valence-corrected chi connectivity index (χ3v) is 3.49. The van der Waals surface area contributed by atoms with Gasteiger partial charge in [-0.2, -0.15) is 0 Å². The molecular weight excluding hydrogens is 250 g/mol. The zero-order valence-electron chi connectivity index (χ0n) is 12.6. The van der Waals surface area contributed by atoms with Gasteiger partial charge in [-0.1, -0.05) is 19.9 Å². The van der Waals surface area contributed by atoms with E-state index in [-0.39, 0.29) is 0 Å². The first kappa shape index (κ1) is 15.0.